The normalized spacial score (nSPS) is 12.6. The zero-order valence-electron chi connectivity index (χ0n) is 15.8. The molecule has 27 heavy (non-hydrogen) atoms. The summed E-state index contributed by atoms with van der Waals surface area (Å²) in [5.74, 6) is 0.814. The Balaban J connectivity index is 1.49. The van der Waals surface area contributed by atoms with Crippen molar-refractivity contribution in [1.82, 2.24) is 9.47 Å². The van der Waals surface area contributed by atoms with E-state index in [-0.39, 0.29) is 6.61 Å². The molecule has 1 atom stereocenters. The monoisotopic (exact) mass is 368 g/mol. The summed E-state index contributed by atoms with van der Waals surface area (Å²) >= 11 is 0. The number of fused-ring (bicyclic) bond motifs is 1. The maximum atomic E-state index is 10.5. The SMILES string of the molecule is CN(Cc1ccc(OCCCO)cc1)C[C@H](O)Cn1ccc2ccccc21. The van der Waals surface area contributed by atoms with Gasteiger partial charge in [0.2, 0.25) is 0 Å². The standard InChI is InChI=1S/C22H28N2O3/c1-23(15-18-7-9-21(10-8-18)27-14-4-13-25)16-20(26)17-24-12-11-19-5-2-3-6-22(19)24/h2-3,5-12,20,25-26H,4,13-17H2,1H3/t20-/m0/s1. The van der Waals surface area contributed by atoms with Gasteiger partial charge in [-0.3, -0.25) is 4.90 Å². The predicted molar refractivity (Wildman–Crippen MR) is 108 cm³/mol. The van der Waals surface area contributed by atoms with Crippen LogP contribution in [0.15, 0.2) is 60.8 Å². The van der Waals surface area contributed by atoms with Crippen LogP contribution >= 0.6 is 0 Å². The molecule has 2 aromatic carbocycles. The molecular weight excluding hydrogens is 340 g/mol. The van der Waals surface area contributed by atoms with E-state index >= 15 is 0 Å². The molecule has 3 aromatic rings. The molecule has 0 aliphatic carbocycles. The first-order chi connectivity index (χ1) is 13.2. The van der Waals surface area contributed by atoms with Crippen molar-refractivity contribution >= 4 is 10.9 Å². The topological polar surface area (TPSA) is 57.9 Å². The lowest BCUT2D eigenvalue weighted by molar-refractivity contribution is 0.108. The smallest absolute Gasteiger partial charge is 0.119 e. The minimum Gasteiger partial charge on any atom is -0.494 e. The lowest BCUT2D eigenvalue weighted by atomic mass is 10.2. The Morgan fingerprint density at radius 2 is 1.85 bits per heavy atom. The van der Waals surface area contributed by atoms with Crippen LogP contribution in [-0.4, -0.2) is 52.6 Å². The van der Waals surface area contributed by atoms with E-state index in [0.29, 0.717) is 26.1 Å². The Bertz CT molecular complexity index is 829. The van der Waals surface area contributed by atoms with Gasteiger partial charge in [-0.2, -0.15) is 0 Å². The van der Waals surface area contributed by atoms with Gasteiger partial charge in [-0.15, -0.1) is 0 Å². The summed E-state index contributed by atoms with van der Waals surface area (Å²) in [5.41, 5.74) is 2.32. The molecule has 0 bridgehead atoms. The summed E-state index contributed by atoms with van der Waals surface area (Å²) in [5, 5.41) is 20.5. The Kier molecular flexibility index (Phi) is 6.87. The molecule has 5 nitrogen and oxygen atoms in total. The van der Waals surface area contributed by atoms with Crippen molar-refractivity contribution in [3.63, 3.8) is 0 Å². The number of hydrogen-bond donors (Lipinski definition) is 2. The van der Waals surface area contributed by atoms with E-state index < -0.39 is 6.10 Å². The second kappa shape index (κ2) is 9.55. The first-order valence-electron chi connectivity index (χ1n) is 9.39. The predicted octanol–water partition coefficient (Wildman–Crippen LogP) is 2.90. The fraction of sp³-hybridized carbons (Fsp3) is 0.364. The van der Waals surface area contributed by atoms with Crippen LogP contribution < -0.4 is 4.74 Å². The lowest BCUT2D eigenvalue weighted by Gasteiger charge is -2.21. The van der Waals surface area contributed by atoms with Gasteiger partial charge in [0.1, 0.15) is 5.75 Å². The molecule has 0 aliphatic heterocycles. The van der Waals surface area contributed by atoms with Gasteiger partial charge in [0, 0.05) is 44.4 Å². The Hall–Kier alpha value is -2.34. The quantitative estimate of drug-likeness (QED) is 0.540. The summed E-state index contributed by atoms with van der Waals surface area (Å²) in [6.45, 7) is 2.61. The van der Waals surface area contributed by atoms with E-state index in [1.807, 2.05) is 49.6 Å². The average Bonchev–Trinajstić information content (AvgIpc) is 3.06. The van der Waals surface area contributed by atoms with Gasteiger partial charge in [0.05, 0.1) is 12.7 Å². The molecule has 0 saturated heterocycles. The van der Waals surface area contributed by atoms with Gasteiger partial charge in [-0.25, -0.2) is 0 Å². The van der Waals surface area contributed by atoms with Crippen LogP contribution in [0.25, 0.3) is 10.9 Å². The molecule has 1 aromatic heterocycles. The zero-order chi connectivity index (χ0) is 19.1. The van der Waals surface area contributed by atoms with Crippen molar-refractivity contribution in [2.75, 3.05) is 26.8 Å². The maximum absolute atomic E-state index is 10.5. The summed E-state index contributed by atoms with van der Waals surface area (Å²) in [6, 6.07) is 18.3. The highest BCUT2D eigenvalue weighted by atomic mass is 16.5. The number of ether oxygens (including phenoxy) is 1. The fourth-order valence-electron chi connectivity index (χ4n) is 3.27. The molecule has 2 N–H and O–H groups in total. The summed E-state index contributed by atoms with van der Waals surface area (Å²) in [7, 11) is 2.02. The lowest BCUT2D eigenvalue weighted by Crippen LogP contribution is -2.31. The first-order valence-corrected chi connectivity index (χ1v) is 9.39. The van der Waals surface area contributed by atoms with Crippen LogP contribution in [0.3, 0.4) is 0 Å². The molecule has 0 unspecified atom stereocenters. The maximum Gasteiger partial charge on any atom is 0.119 e. The summed E-state index contributed by atoms with van der Waals surface area (Å²) in [6.07, 6.45) is 2.23. The number of rotatable bonds is 10. The molecule has 3 rings (SSSR count). The Morgan fingerprint density at radius 3 is 2.63 bits per heavy atom. The average molecular weight is 368 g/mol. The highest BCUT2D eigenvalue weighted by molar-refractivity contribution is 5.79. The second-order valence-electron chi connectivity index (χ2n) is 6.95. The second-order valence-corrected chi connectivity index (χ2v) is 6.95. The third-order valence-electron chi connectivity index (χ3n) is 4.56. The van der Waals surface area contributed by atoms with E-state index in [9.17, 15) is 5.11 Å². The number of aliphatic hydroxyl groups is 2. The number of aliphatic hydroxyl groups excluding tert-OH is 2. The molecule has 0 radical (unpaired) electrons. The van der Waals surface area contributed by atoms with Gasteiger partial charge in [0.15, 0.2) is 0 Å². The van der Waals surface area contributed by atoms with Gasteiger partial charge < -0.3 is 19.5 Å². The molecule has 0 spiro atoms. The van der Waals surface area contributed by atoms with Crippen molar-refractivity contribution in [1.29, 1.82) is 0 Å². The molecule has 1 heterocycles. The van der Waals surface area contributed by atoms with Crippen molar-refractivity contribution in [3.05, 3.63) is 66.4 Å². The molecule has 0 aliphatic rings. The largest absolute Gasteiger partial charge is 0.494 e. The van der Waals surface area contributed by atoms with Crippen LogP contribution in [0.5, 0.6) is 5.75 Å². The van der Waals surface area contributed by atoms with E-state index in [0.717, 1.165) is 17.8 Å². The minimum atomic E-state index is -0.438. The number of nitrogens with zero attached hydrogens (tertiary/aromatic N) is 2. The van der Waals surface area contributed by atoms with Crippen LogP contribution in [0.1, 0.15) is 12.0 Å². The minimum absolute atomic E-state index is 0.143. The molecular formula is C22H28N2O3. The van der Waals surface area contributed by atoms with Crippen molar-refractivity contribution in [2.45, 2.75) is 25.6 Å². The number of benzene rings is 2. The highest BCUT2D eigenvalue weighted by Crippen LogP contribution is 2.16. The van der Waals surface area contributed by atoms with Crippen LogP contribution in [0.2, 0.25) is 0 Å². The van der Waals surface area contributed by atoms with Crippen LogP contribution in [0, 0.1) is 0 Å². The van der Waals surface area contributed by atoms with Crippen molar-refractivity contribution in [3.8, 4) is 5.75 Å². The molecule has 0 fully saturated rings. The van der Waals surface area contributed by atoms with Crippen molar-refractivity contribution < 1.29 is 14.9 Å². The summed E-state index contributed by atoms with van der Waals surface area (Å²) in [4.78, 5) is 2.12. The molecule has 5 heteroatoms. The number of aromatic nitrogens is 1. The van der Waals surface area contributed by atoms with Gasteiger partial charge in [-0.1, -0.05) is 30.3 Å². The van der Waals surface area contributed by atoms with E-state index in [2.05, 4.69) is 27.7 Å². The van der Waals surface area contributed by atoms with Gasteiger partial charge in [0.25, 0.3) is 0 Å². The Morgan fingerprint density at radius 1 is 1.07 bits per heavy atom. The van der Waals surface area contributed by atoms with Crippen LogP contribution in [-0.2, 0) is 13.1 Å². The molecule has 0 amide bonds. The van der Waals surface area contributed by atoms with E-state index in [1.54, 1.807) is 0 Å². The molecule has 0 saturated carbocycles. The van der Waals surface area contributed by atoms with Crippen LogP contribution in [0.4, 0.5) is 0 Å². The van der Waals surface area contributed by atoms with Gasteiger partial charge >= 0.3 is 0 Å². The van der Waals surface area contributed by atoms with E-state index in [4.69, 9.17) is 9.84 Å². The summed E-state index contributed by atoms with van der Waals surface area (Å²) < 4.78 is 7.65. The zero-order valence-corrected chi connectivity index (χ0v) is 15.8. The number of hydrogen-bond acceptors (Lipinski definition) is 4. The fourth-order valence-corrected chi connectivity index (χ4v) is 3.27. The number of para-hydroxylation sites is 1. The van der Waals surface area contributed by atoms with Gasteiger partial charge in [-0.05, 0) is 42.3 Å². The Labute approximate surface area is 160 Å². The first kappa shape index (κ1) is 19.4. The third-order valence-corrected chi connectivity index (χ3v) is 4.56. The third kappa shape index (κ3) is 5.57. The highest BCUT2D eigenvalue weighted by Gasteiger charge is 2.11. The molecule has 144 valence electrons. The van der Waals surface area contributed by atoms with E-state index in [1.165, 1.54) is 10.9 Å². The van der Waals surface area contributed by atoms with Crippen molar-refractivity contribution in [2.24, 2.45) is 0 Å². The number of likely N-dealkylation sites (N-methyl/N-ethyl adjacent to an activating group) is 1.